The third-order valence-electron chi connectivity index (χ3n) is 4.13. The minimum Gasteiger partial charge on any atom is -0.507 e. The third kappa shape index (κ3) is 1.56. The summed E-state index contributed by atoms with van der Waals surface area (Å²) < 4.78 is 0. The number of phenols is 1. The van der Waals surface area contributed by atoms with Crippen LogP contribution in [0.2, 0.25) is 0 Å². The predicted octanol–water partition coefficient (Wildman–Crippen LogP) is 3.63. The zero-order valence-electron chi connectivity index (χ0n) is 11.9. The molecule has 4 rings (SSSR count). The van der Waals surface area contributed by atoms with Gasteiger partial charge in [-0.05, 0) is 30.0 Å². The first kappa shape index (κ1) is 12.8. The molecule has 106 valence electrons. The van der Waals surface area contributed by atoms with Crippen LogP contribution in [0.4, 0.5) is 0 Å². The molecule has 1 aliphatic rings. The third-order valence-corrected chi connectivity index (χ3v) is 4.13. The smallest absolute Gasteiger partial charge is 0.195 e. The zero-order valence-corrected chi connectivity index (χ0v) is 11.9. The summed E-state index contributed by atoms with van der Waals surface area (Å²) in [4.78, 5) is 25.5. The fourth-order valence-electron chi connectivity index (χ4n) is 3.17. The fraction of sp³-hybridized carbons (Fsp3) is 0.0526. The van der Waals surface area contributed by atoms with E-state index in [-0.39, 0.29) is 17.3 Å². The Hall–Kier alpha value is -2.94. The van der Waals surface area contributed by atoms with Crippen LogP contribution in [0, 0.1) is 6.92 Å². The first-order chi connectivity index (χ1) is 10.6. The van der Waals surface area contributed by atoms with Gasteiger partial charge in [-0.25, -0.2) is 0 Å². The van der Waals surface area contributed by atoms with E-state index in [0.29, 0.717) is 27.6 Å². The number of carbonyl (C=O) groups is 2. The fourth-order valence-corrected chi connectivity index (χ4v) is 3.17. The van der Waals surface area contributed by atoms with Crippen LogP contribution in [0.5, 0.6) is 5.75 Å². The molecule has 0 amide bonds. The van der Waals surface area contributed by atoms with Gasteiger partial charge in [-0.2, -0.15) is 0 Å². The monoisotopic (exact) mass is 288 g/mol. The number of fused-ring (bicyclic) bond motifs is 4. The van der Waals surface area contributed by atoms with E-state index in [9.17, 15) is 14.7 Å². The molecule has 22 heavy (non-hydrogen) atoms. The van der Waals surface area contributed by atoms with Crippen molar-refractivity contribution in [3.8, 4) is 5.75 Å². The van der Waals surface area contributed by atoms with E-state index in [1.54, 1.807) is 42.5 Å². The van der Waals surface area contributed by atoms with Gasteiger partial charge in [0.05, 0.1) is 0 Å². The highest BCUT2D eigenvalue weighted by atomic mass is 16.3. The molecule has 0 bridgehead atoms. The molecule has 0 spiro atoms. The number of ketones is 2. The van der Waals surface area contributed by atoms with Crippen molar-refractivity contribution >= 4 is 22.3 Å². The van der Waals surface area contributed by atoms with Crippen molar-refractivity contribution in [2.24, 2.45) is 0 Å². The normalized spacial score (nSPS) is 13.1. The second-order valence-corrected chi connectivity index (χ2v) is 5.57. The Morgan fingerprint density at radius 3 is 2.23 bits per heavy atom. The summed E-state index contributed by atoms with van der Waals surface area (Å²) in [5.74, 6) is -0.352. The summed E-state index contributed by atoms with van der Waals surface area (Å²) in [5.41, 5.74) is 2.38. The van der Waals surface area contributed by atoms with Crippen LogP contribution in [0.15, 0.2) is 48.5 Å². The molecular formula is C19H12O3. The van der Waals surface area contributed by atoms with E-state index in [0.717, 1.165) is 10.9 Å². The highest BCUT2D eigenvalue weighted by molar-refractivity contribution is 6.32. The lowest BCUT2D eigenvalue weighted by molar-refractivity contribution is 0.0980. The van der Waals surface area contributed by atoms with E-state index in [1.807, 2.05) is 13.0 Å². The topological polar surface area (TPSA) is 54.4 Å². The second-order valence-electron chi connectivity index (χ2n) is 5.57. The maximum absolute atomic E-state index is 12.8. The quantitative estimate of drug-likeness (QED) is 0.537. The highest BCUT2D eigenvalue weighted by Gasteiger charge is 2.31. The van der Waals surface area contributed by atoms with Gasteiger partial charge in [-0.3, -0.25) is 9.59 Å². The van der Waals surface area contributed by atoms with Crippen LogP contribution in [-0.4, -0.2) is 16.7 Å². The maximum atomic E-state index is 12.8. The second kappa shape index (κ2) is 4.28. The molecule has 0 heterocycles. The molecule has 3 heteroatoms. The highest BCUT2D eigenvalue weighted by Crippen LogP contribution is 2.37. The Balaban J connectivity index is 2.15. The lowest BCUT2D eigenvalue weighted by Crippen LogP contribution is -2.21. The average molecular weight is 288 g/mol. The lowest BCUT2D eigenvalue weighted by Gasteiger charge is -2.19. The van der Waals surface area contributed by atoms with E-state index in [4.69, 9.17) is 0 Å². The largest absolute Gasteiger partial charge is 0.507 e. The molecule has 0 atom stereocenters. The predicted molar refractivity (Wildman–Crippen MR) is 83.7 cm³/mol. The molecule has 0 aliphatic heterocycles. The Bertz CT molecular complexity index is 983. The summed E-state index contributed by atoms with van der Waals surface area (Å²) in [7, 11) is 0. The summed E-state index contributed by atoms with van der Waals surface area (Å²) >= 11 is 0. The molecule has 0 unspecified atom stereocenters. The minimum absolute atomic E-state index is 0.0346. The molecule has 0 saturated carbocycles. The lowest BCUT2D eigenvalue weighted by atomic mass is 9.81. The van der Waals surface area contributed by atoms with Crippen molar-refractivity contribution in [3.05, 3.63) is 76.3 Å². The molecule has 3 aromatic carbocycles. The minimum atomic E-state index is -0.213. The standard InChI is InChI=1S/C19H12O3/c1-10-8-11-6-7-14-17(16(11)15(20)9-10)19(22)13-5-3-2-4-12(13)18(14)21/h2-9,20H,1H3. The molecule has 1 aliphatic carbocycles. The number of benzene rings is 3. The number of hydrogen-bond acceptors (Lipinski definition) is 3. The van der Waals surface area contributed by atoms with Crippen LogP contribution < -0.4 is 0 Å². The van der Waals surface area contributed by atoms with Crippen LogP contribution in [0.25, 0.3) is 10.8 Å². The summed E-state index contributed by atoms with van der Waals surface area (Å²) in [6.07, 6.45) is 0. The van der Waals surface area contributed by atoms with E-state index >= 15 is 0 Å². The van der Waals surface area contributed by atoms with Gasteiger partial charge in [0.25, 0.3) is 0 Å². The van der Waals surface area contributed by atoms with Crippen LogP contribution in [0.3, 0.4) is 0 Å². The van der Waals surface area contributed by atoms with Crippen molar-refractivity contribution in [2.45, 2.75) is 6.92 Å². The van der Waals surface area contributed by atoms with Crippen LogP contribution in [-0.2, 0) is 0 Å². The van der Waals surface area contributed by atoms with E-state index in [2.05, 4.69) is 0 Å². The molecule has 0 radical (unpaired) electrons. The van der Waals surface area contributed by atoms with Gasteiger partial charge in [-0.1, -0.05) is 36.4 Å². The van der Waals surface area contributed by atoms with Crippen molar-refractivity contribution in [2.75, 3.05) is 0 Å². The number of hydrogen-bond donors (Lipinski definition) is 1. The zero-order chi connectivity index (χ0) is 15.4. The molecule has 0 fully saturated rings. The average Bonchev–Trinajstić information content (AvgIpc) is 2.51. The van der Waals surface area contributed by atoms with Crippen LogP contribution >= 0.6 is 0 Å². The number of aromatic hydroxyl groups is 1. The van der Waals surface area contributed by atoms with Crippen molar-refractivity contribution in [3.63, 3.8) is 0 Å². The van der Waals surface area contributed by atoms with Gasteiger partial charge in [0.15, 0.2) is 11.6 Å². The SMILES string of the molecule is Cc1cc(O)c2c3c(ccc2c1)C(=O)c1ccccc1C3=O. The maximum Gasteiger partial charge on any atom is 0.195 e. The number of phenolic OH excluding ortho intramolecular Hbond substituents is 1. The van der Waals surface area contributed by atoms with Gasteiger partial charge >= 0.3 is 0 Å². The van der Waals surface area contributed by atoms with Crippen molar-refractivity contribution in [1.82, 2.24) is 0 Å². The first-order valence-electron chi connectivity index (χ1n) is 7.02. The Morgan fingerprint density at radius 1 is 0.818 bits per heavy atom. The van der Waals surface area contributed by atoms with Crippen molar-refractivity contribution < 1.29 is 14.7 Å². The first-order valence-corrected chi connectivity index (χ1v) is 7.02. The van der Waals surface area contributed by atoms with Gasteiger partial charge in [0.2, 0.25) is 0 Å². The Kier molecular flexibility index (Phi) is 2.48. The summed E-state index contributed by atoms with van der Waals surface area (Å²) in [5, 5.41) is 11.5. The van der Waals surface area contributed by atoms with Gasteiger partial charge in [0, 0.05) is 27.6 Å². The van der Waals surface area contributed by atoms with E-state index in [1.165, 1.54) is 0 Å². The summed E-state index contributed by atoms with van der Waals surface area (Å²) in [6, 6.07) is 13.8. The molecule has 0 saturated heterocycles. The van der Waals surface area contributed by atoms with Gasteiger partial charge < -0.3 is 5.11 Å². The number of rotatable bonds is 0. The molecule has 0 aromatic heterocycles. The van der Waals surface area contributed by atoms with Crippen molar-refractivity contribution in [1.29, 1.82) is 0 Å². The Morgan fingerprint density at radius 2 is 1.50 bits per heavy atom. The number of aryl methyl sites for hydroxylation is 1. The Labute approximate surface area is 126 Å². The molecule has 3 nitrogen and oxygen atoms in total. The van der Waals surface area contributed by atoms with Gasteiger partial charge in [0.1, 0.15) is 5.75 Å². The molecular weight excluding hydrogens is 276 g/mol. The van der Waals surface area contributed by atoms with Crippen LogP contribution in [0.1, 0.15) is 37.4 Å². The number of carbonyl (C=O) groups excluding carboxylic acids is 2. The molecule has 1 N–H and O–H groups in total. The molecule has 3 aromatic rings. The summed E-state index contributed by atoms with van der Waals surface area (Å²) in [6.45, 7) is 1.88. The van der Waals surface area contributed by atoms with Gasteiger partial charge in [-0.15, -0.1) is 0 Å². The van der Waals surface area contributed by atoms with E-state index < -0.39 is 0 Å².